The van der Waals surface area contributed by atoms with Gasteiger partial charge in [0, 0.05) is 31.6 Å². The molecule has 1 aromatic carbocycles. The first-order chi connectivity index (χ1) is 16.0. The standard InChI is InChI=1S/C25H32N6OS/c1-3-13-30-33(32,16-20-6-4-19(15-26)5-7-20)17-21-8-10-22(11-9-21)31(2)25-23-12-14-27-24(23)28-18-29-25/h4-7,12,14,18,21-22H,3,8-11,13,16-17H2,1-2H3,(H,27,28,29). The number of aromatic amines is 1. The second-order valence-electron chi connectivity index (χ2n) is 8.97. The minimum atomic E-state index is -2.33. The molecule has 1 aliphatic carbocycles. The maximum Gasteiger partial charge on any atom is 0.142 e. The zero-order valence-electron chi connectivity index (χ0n) is 19.4. The molecule has 8 heteroatoms. The van der Waals surface area contributed by atoms with Crippen LogP contribution in [0.5, 0.6) is 0 Å². The number of benzene rings is 1. The molecule has 0 amide bonds. The van der Waals surface area contributed by atoms with E-state index in [1.165, 1.54) is 0 Å². The molecular formula is C25H32N6OS. The van der Waals surface area contributed by atoms with E-state index in [1.54, 1.807) is 18.5 Å². The van der Waals surface area contributed by atoms with Gasteiger partial charge in [-0.3, -0.25) is 0 Å². The van der Waals surface area contributed by atoms with Gasteiger partial charge in [0.1, 0.15) is 17.8 Å². The van der Waals surface area contributed by atoms with Gasteiger partial charge in [0.2, 0.25) is 0 Å². The molecule has 0 radical (unpaired) electrons. The summed E-state index contributed by atoms with van der Waals surface area (Å²) in [5.41, 5.74) is 2.48. The van der Waals surface area contributed by atoms with Crippen molar-refractivity contribution in [1.82, 2.24) is 15.0 Å². The molecule has 0 saturated heterocycles. The van der Waals surface area contributed by atoms with E-state index in [0.29, 0.717) is 35.6 Å². The number of anilines is 1. The average molecular weight is 465 g/mol. The van der Waals surface area contributed by atoms with E-state index in [9.17, 15) is 4.21 Å². The number of nitrogens with one attached hydrogen (secondary N) is 1. The quantitative estimate of drug-likeness (QED) is 0.511. The predicted octanol–water partition coefficient (Wildman–Crippen LogP) is 4.90. The molecule has 0 spiro atoms. The molecule has 1 aliphatic rings. The molecule has 7 nitrogen and oxygen atoms in total. The van der Waals surface area contributed by atoms with Gasteiger partial charge in [-0.2, -0.15) is 5.26 Å². The van der Waals surface area contributed by atoms with Crippen molar-refractivity contribution < 1.29 is 4.21 Å². The molecule has 1 atom stereocenters. The lowest BCUT2D eigenvalue weighted by molar-refractivity contribution is 0.342. The summed E-state index contributed by atoms with van der Waals surface area (Å²) in [7, 11) is -0.215. The van der Waals surface area contributed by atoms with Gasteiger partial charge < -0.3 is 9.88 Å². The Morgan fingerprint density at radius 2 is 1.94 bits per heavy atom. The molecular weight excluding hydrogens is 432 g/mol. The fourth-order valence-corrected chi connectivity index (χ4v) is 7.34. The van der Waals surface area contributed by atoms with E-state index in [4.69, 9.17) is 5.26 Å². The van der Waals surface area contributed by atoms with Crippen molar-refractivity contribution in [2.75, 3.05) is 24.2 Å². The first-order valence-electron chi connectivity index (χ1n) is 11.7. The first-order valence-corrected chi connectivity index (χ1v) is 13.5. The van der Waals surface area contributed by atoms with Crippen molar-refractivity contribution in [3.63, 3.8) is 0 Å². The maximum absolute atomic E-state index is 13.8. The summed E-state index contributed by atoms with van der Waals surface area (Å²) in [4.78, 5) is 14.3. The number of rotatable bonds is 8. The van der Waals surface area contributed by atoms with Crippen LogP contribution in [0.15, 0.2) is 47.2 Å². The maximum atomic E-state index is 13.8. The third kappa shape index (κ3) is 5.53. The van der Waals surface area contributed by atoms with E-state index >= 15 is 0 Å². The molecule has 1 saturated carbocycles. The van der Waals surface area contributed by atoms with Gasteiger partial charge in [0.05, 0.1) is 32.5 Å². The molecule has 2 heterocycles. The Bertz CT molecular complexity index is 1230. The summed E-state index contributed by atoms with van der Waals surface area (Å²) < 4.78 is 18.5. The molecule has 0 aliphatic heterocycles. The largest absolute Gasteiger partial charge is 0.356 e. The van der Waals surface area contributed by atoms with Gasteiger partial charge in [-0.25, -0.2) is 18.5 Å². The second kappa shape index (κ2) is 10.3. The fourth-order valence-electron chi connectivity index (χ4n) is 4.73. The highest BCUT2D eigenvalue weighted by molar-refractivity contribution is 7.92. The zero-order chi connectivity index (χ0) is 23.3. The Balaban J connectivity index is 1.41. The number of hydrogen-bond donors (Lipinski definition) is 1. The van der Waals surface area contributed by atoms with Gasteiger partial charge in [-0.1, -0.05) is 19.1 Å². The van der Waals surface area contributed by atoms with Crippen LogP contribution in [0, 0.1) is 17.2 Å². The zero-order valence-corrected chi connectivity index (χ0v) is 20.2. The molecule has 1 fully saturated rings. The number of aromatic nitrogens is 3. The lowest BCUT2D eigenvalue weighted by Crippen LogP contribution is -2.37. The Morgan fingerprint density at radius 3 is 2.64 bits per heavy atom. The average Bonchev–Trinajstić information content (AvgIpc) is 3.32. The molecule has 174 valence electrons. The van der Waals surface area contributed by atoms with Crippen molar-refractivity contribution in [1.29, 1.82) is 5.26 Å². The van der Waals surface area contributed by atoms with Crippen LogP contribution in [0.4, 0.5) is 5.82 Å². The summed E-state index contributed by atoms with van der Waals surface area (Å²) >= 11 is 0. The van der Waals surface area contributed by atoms with Gasteiger partial charge in [0.15, 0.2) is 0 Å². The van der Waals surface area contributed by atoms with Crippen LogP contribution in [0.1, 0.15) is 50.2 Å². The Kier molecular flexibility index (Phi) is 7.29. The molecule has 33 heavy (non-hydrogen) atoms. The van der Waals surface area contributed by atoms with Crippen molar-refractivity contribution in [2.24, 2.45) is 10.3 Å². The summed E-state index contributed by atoms with van der Waals surface area (Å²) in [6.45, 7) is 2.70. The first kappa shape index (κ1) is 23.2. The third-order valence-electron chi connectivity index (χ3n) is 6.55. The van der Waals surface area contributed by atoms with Crippen LogP contribution >= 0.6 is 0 Å². The van der Waals surface area contributed by atoms with Crippen LogP contribution in [0.3, 0.4) is 0 Å². The molecule has 1 N–H and O–H groups in total. The van der Waals surface area contributed by atoms with Crippen LogP contribution in [-0.4, -0.2) is 44.5 Å². The molecule has 0 bridgehead atoms. The van der Waals surface area contributed by atoms with Crippen LogP contribution < -0.4 is 4.90 Å². The number of hydrogen-bond acceptors (Lipinski definition) is 6. The van der Waals surface area contributed by atoms with E-state index in [1.807, 2.05) is 24.4 Å². The smallest absolute Gasteiger partial charge is 0.142 e. The fraction of sp³-hybridized carbons (Fsp3) is 0.480. The Morgan fingerprint density at radius 1 is 1.18 bits per heavy atom. The Labute approximate surface area is 196 Å². The second-order valence-corrected chi connectivity index (χ2v) is 11.4. The lowest BCUT2D eigenvalue weighted by atomic mass is 9.86. The topological polar surface area (TPSA) is 98.0 Å². The van der Waals surface area contributed by atoms with Gasteiger partial charge >= 0.3 is 0 Å². The number of nitrogens with zero attached hydrogens (tertiary/aromatic N) is 5. The van der Waals surface area contributed by atoms with Gasteiger partial charge in [0.25, 0.3) is 0 Å². The molecule has 4 rings (SSSR count). The molecule has 2 aromatic heterocycles. The van der Waals surface area contributed by atoms with Gasteiger partial charge in [-0.05, 0) is 61.8 Å². The lowest BCUT2D eigenvalue weighted by Gasteiger charge is -2.35. The van der Waals surface area contributed by atoms with E-state index in [-0.39, 0.29) is 0 Å². The molecule has 1 unspecified atom stereocenters. The van der Waals surface area contributed by atoms with Crippen LogP contribution in [-0.2, 0) is 15.5 Å². The highest BCUT2D eigenvalue weighted by Crippen LogP contribution is 2.32. The third-order valence-corrected chi connectivity index (χ3v) is 8.98. The highest BCUT2D eigenvalue weighted by Gasteiger charge is 2.28. The van der Waals surface area contributed by atoms with Gasteiger partial charge in [-0.15, -0.1) is 0 Å². The summed E-state index contributed by atoms with van der Waals surface area (Å²) in [5.74, 6) is 2.50. The monoisotopic (exact) mass is 464 g/mol. The predicted molar refractivity (Wildman–Crippen MR) is 133 cm³/mol. The van der Waals surface area contributed by atoms with E-state index in [2.05, 4.69) is 44.3 Å². The summed E-state index contributed by atoms with van der Waals surface area (Å²) in [6.07, 6.45) is 8.61. The molecule has 3 aromatic rings. The number of fused-ring (bicyclic) bond motifs is 1. The normalized spacial score (nSPS) is 20.2. The highest BCUT2D eigenvalue weighted by atomic mass is 32.2. The number of nitriles is 1. The summed E-state index contributed by atoms with van der Waals surface area (Å²) in [6, 6.07) is 12.0. The minimum Gasteiger partial charge on any atom is -0.356 e. The van der Waals surface area contributed by atoms with Crippen molar-refractivity contribution in [2.45, 2.75) is 50.8 Å². The SMILES string of the molecule is CCCN=S(=O)(Cc1ccc(C#N)cc1)CC1CCC(N(C)c2ncnc3[nH]ccc23)CC1. The van der Waals surface area contributed by atoms with Crippen LogP contribution in [0.2, 0.25) is 0 Å². The van der Waals surface area contributed by atoms with Crippen LogP contribution in [0.25, 0.3) is 11.0 Å². The minimum absolute atomic E-state index is 0.413. The van der Waals surface area contributed by atoms with Crippen molar-refractivity contribution >= 4 is 26.6 Å². The Hall–Kier alpha value is -2.92. The van der Waals surface area contributed by atoms with E-state index in [0.717, 1.165) is 54.5 Å². The van der Waals surface area contributed by atoms with E-state index < -0.39 is 9.73 Å². The van der Waals surface area contributed by atoms with Crippen molar-refractivity contribution in [3.8, 4) is 6.07 Å². The number of H-pyrrole nitrogens is 1. The van der Waals surface area contributed by atoms with Crippen molar-refractivity contribution in [3.05, 3.63) is 54.0 Å². The summed E-state index contributed by atoms with van der Waals surface area (Å²) in [5, 5.41) is 10.1.